The number of benzene rings is 2. The van der Waals surface area contributed by atoms with Gasteiger partial charge in [-0.3, -0.25) is 4.79 Å². The molecule has 122 valence electrons. The summed E-state index contributed by atoms with van der Waals surface area (Å²) in [6.45, 7) is 6.82. The largest absolute Gasteiger partial charge is 0.491 e. The lowest BCUT2D eigenvalue weighted by molar-refractivity contribution is -0.113. The van der Waals surface area contributed by atoms with Crippen LogP contribution in [0.5, 0.6) is 5.75 Å². The van der Waals surface area contributed by atoms with Gasteiger partial charge in [-0.15, -0.1) is 11.8 Å². The van der Waals surface area contributed by atoms with E-state index < -0.39 is 0 Å². The number of carbonyl (C=O) groups is 1. The minimum absolute atomic E-state index is 0.0246. The third-order valence-electron chi connectivity index (χ3n) is 3.33. The average molecular weight is 329 g/mol. The number of anilines is 1. The molecule has 0 heterocycles. The van der Waals surface area contributed by atoms with Crippen LogP contribution in [0.1, 0.15) is 24.5 Å². The van der Waals surface area contributed by atoms with Crippen molar-refractivity contribution in [3.63, 3.8) is 0 Å². The van der Waals surface area contributed by atoms with Gasteiger partial charge in [0.05, 0.1) is 18.0 Å². The van der Waals surface area contributed by atoms with Gasteiger partial charge in [0.25, 0.3) is 0 Å². The Bertz CT molecular complexity index is 670. The van der Waals surface area contributed by atoms with Gasteiger partial charge in [-0.25, -0.2) is 0 Å². The molecular formula is C19H23NO2S. The van der Waals surface area contributed by atoms with Gasteiger partial charge in [0.1, 0.15) is 5.75 Å². The first kappa shape index (κ1) is 17.4. The molecule has 23 heavy (non-hydrogen) atoms. The lowest BCUT2D eigenvalue weighted by Gasteiger charge is -2.12. The number of thioether (sulfide) groups is 1. The zero-order chi connectivity index (χ0) is 16.7. The van der Waals surface area contributed by atoms with E-state index in [4.69, 9.17) is 4.74 Å². The number of amides is 1. The third-order valence-corrected chi connectivity index (χ3v) is 4.48. The van der Waals surface area contributed by atoms with E-state index >= 15 is 0 Å². The van der Waals surface area contributed by atoms with E-state index in [-0.39, 0.29) is 5.91 Å². The van der Waals surface area contributed by atoms with Crippen LogP contribution in [-0.4, -0.2) is 18.3 Å². The molecule has 0 radical (unpaired) electrons. The smallest absolute Gasteiger partial charge is 0.234 e. The first-order chi connectivity index (χ1) is 11.1. The van der Waals surface area contributed by atoms with Crippen LogP contribution in [0.25, 0.3) is 0 Å². The fourth-order valence-corrected chi connectivity index (χ4v) is 3.02. The van der Waals surface area contributed by atoms with Crippen LogP contribution in [-0.2, 0) is 4.79 Å². The second kappa shape index (κ2) is 8.63. The third kappa shape index (κ3) is 5.32. The fraction of sp³-hybridized carbons (Fsp3) is 0.316. The molecule has 0 saturated heterocycles. The summed E-state index contributed by atoms with van der Waals surface area (Å²) >= 11 is 1.56. The maximum Gasteiger partial charge on any atom is 0.234 e. The van der Waals surface area contributed by atoms with Gasteiger partial charge >= 0.3 is 0 Å². The maximum absolute atomic E-state index is 12.2. The normalized spacial score (nSPS) is 10.4. The van der Waals surface area contributed by atoms with E-state index in [0.717, 1.165) is 22.8 Å². The van der Waals surface area contributed by atoms with Crippen LogP contribution in [0.4, 0.5) is 5.69 Å². The zero-order valence-electron chi connectivity index (χ0n) is 13.9. The van der Waals surface area contributed by atoms with Gasteiger partial charge in [-0.2, -0.15) is 0 Å². The van der Waals surface area contributed by atoms with Crippen LogP contribution < -0.4 is 10.1 Å². The number of carbonyl (C=O) groups excluding carboxylic acids is 1. The number of hydrogen-bond donors (Lipinski definition) is 1. The molecular weight excluding hydrogens is 306 g/mol. The van der Waals surface area contributed by atoms with Crippen molar-refractivity contribution >= 4 is 23.4 Å². The van der Waals surface area contributed by atoms with Gasteiger partial charge < -0.3 is 10.1 Å². The first-order valence-electron chi connectivity index (χ1n) is 7.82. The average Bonchev–Trinajstić information content (AvgIpc) is 2.55. The molecule has 4 heteroatoms. The molecule has 2 rings (SSSR count). The van der Waals surface area contributed by atoms with Crippen molar-refractivity contribution in [3.8, 4) is 5.75 Å². The van der Waals surface area contributed by atoms with Gasteiger partial charge in [-0.05, 0) is 44.0 Å². The van der Waals surface area contributed by atoms with Crippen LogP contribution in [0, 0.1) is 13.8 Å². The topological polar surface area (TPSA) is 38.3 Å². The molecule has 1 N–H and O–H groups in total. The van der Waals surface area contributed by atoms with Crippen molar-refractivity contribution < 1.29 is 9.53 Å². The Morgan fingerprint density at radius 3 is 2.74 bits per heavy atom. The maximum atomic E-state index is 12.2. The van der Waals surface area contributed by atoms with E-state index in [1.54, 1.807) is 11.8 Å². The Morgan fingerprint density at radius 1 is 1.17 bits per heavy atom. The number of hydrogen-bond acceptors (Lipinski definition) is 3. The predicted octanol–water partition coefficient (Wildman–Crippen LogP) is 4.82. The molecule has 2 aromatic rings. The first-order valence-corrected chi connectivity index (χ1v) is 8.80. The molecule has 0 aliphatic heterocycles. The Kier molecular flexibility index (Phi) is 6.53. The summed E-state index contributed by atoms with van der Waals surface area (Å²) in [7, 11) is 0. The van der Waals surface area contributed by atoms with Crippen molar-refractivity contribution in [2.24, 2.45) is 0 Å². The van der Waals surface area contributed by atoms with E-state index in [9.17, 15) is 4.79 Å². The SMILES string of the molecule is CCCOc1ccccc1NC(=O)CSc1cc(C)ccc1C. The number of aryl methyl sites for hydroxylation is 2. The number of nitrogens with one attached hydrogen (secondary N) is 1. The van der Waals surface area contributed by atoms with E-state index in [1.807, 2.05) is 24.3 Å². The molecule has 0 spiro atoms. The lowest BCUT2D eigenvalue weighted by atomic mass is 10.2. The van der Waals surface area contributed by atoms with Gasteiger partial charge in [0, 0.05) is 4.90 Å². The second-order valence-corrected chi connectivity index (χ2v) is 6.47. The molecule has 0 bridgehead atoms. The Hall–Kier alpha value is -1.94. The van der Waals surface area contributed by atoms with Crippen LogP contribution >= 0.6 is 11.8 Å². The quantitative estimate of drug-likeness (QED) is 0.740. The highest BCUT2D eigenvalue weighted by Gasteiger charge is 2.09. The van der Waals surface area contributed by atoms with E-state index in [1.165, 1.54) is 11.1 Å². The molecule has 0 atom stereocenters. The van der Waals surface area contributed by atoms with Gasteiger partial charge in [0.2, 0.25) is 5.91 Å². The van der Waals surface area contributed by atoms with Crippen LogP contribution in [0.3, 0.4) is 0 Å². The van der Waals surface area contributed by atoms with Crippen LogP contribution in [0.2, 0.25) is 0 Å². The van der Waals surface area contributed by atoms with Gasteiger partial charge in [-0.1, -0.05) is 36.8 Å². The summed E-state index contributed by atoms with van der Waals surface area (Å²) in [5.41, 5.74) is 3.13. The fourth-order valence-electron chi connectivity index (χ4n) is 2.10. The lowest BCUT2D eigenvalue weighted by Crippen LogP contribution is -2.15. The molecule has 0 fully saturated rings. The summed E-state index contributed by atoms with van der Waals surface area (Å²) in [6, 6.07) is 13.8. The summed E-state index contributed by atoms with van der Waals surface area (Å²) in [6.07, 6.45) is 0.935. The summed E-state index contributed by atoms with van der Waals surface area (Å²) in [4.78, 5) is 13.4. The number of ether oxygens (including phenoxy) is 1. The van der Waals surface area contributed by atoms with Crippen LogP contribution in [0.15, 0.2) is 47.4 Å². The Balaban J connectivity index is 1.96. The van der Waals surface area contributed by atoms with Crippen molar-refractivity contribution in [2.45, 2.75) is 32.1 Å². The highest BCUT2D eigenvalue weighted by molar-refractivity contribution is 8.00. The predicted molar refractivity (Wildman–Crippen MR) is 97.5 cm³/mol. The van der Waals surface area contributed by atoms with Crippen molar-refractivity contribution in [1.82, 2.24) is 0 Å². The Labute approximate surface area is 142 Å². The Morgan fingerprint density at radius 2 is 1.96 bits per heavy atom. The van der Waals surface area contributed by atoms with Gasteiger partial charge in [0.15, 0.2) is 0 Å². The molecule has 2 aromatic carbocycles. The number of para-hydroxylation sites is 2. The van der Waals surface area contributed by atoms with Crippen molar-refractivity contribution in [3.05, 3.63) is 53.6 Å². The molecule has 0 saturated carbocycles. The van der Waals surface area contributed by atoms with E-state index in [0.29, 0.717) is 12.4 Å². The van der Waals surface area contributed by atoms with Crippen molar-refractivity contribution in [1.29, 1.82) is 0 Å². The molecule has 1 amide bonds. The standard InChI is InChI=1S/C19H23NO2S/c1-4-11-22-17-8-6-5-7-16(17)20-19(21)13-23-18-12-14(2)9-10-15(18)3/h5-10,12H,4,11,13H2,1-3H3,(H,20,21). The van der Waals surface area contributed by atoms with Crippen molar-refractivity contribution in [2.75, 3.05) is 17.7 Å². The second-order valence-electron chi connectivity index (χ2n) is 5.45. The monoisotopic (exact) mass is 329 g/mol. The highest BCUT2D eigenvalue weighted by atomic mass is 32.2. The minimum Gasteiger partial charge on any atom is -0.491 e. The molecule has 0 aliphatic carbocycles. The molecule has 0 aromatic heterocycles. The minimum atomic E-state index is -0.0246. The molecule has 0 unspecified atom stereocenters. The molecule has 0 aliphatic rings. The molecule has 3 nitrogen and oxygen atoms in total. The highest BCUT2D eigenvalue weighted by Crippen LogP contribution is 2.26. The zero-order valence-corrected chi connectivity index (χ0v) is 14.7. The summed E-state index contributed by atoms with van der Waals surface area (Å²) in [5, 5.41) is 2.94. The summed E-state index contributed by atoms with van der Waals surface area (Å²) < 4.78 is 5.66. The van der Waals surface area contributed by atoms with E-state index in [2.05, 4.69) is 44.3 Å². The summed E-state index contributed by atoms with van der Waals surface area (Å²) in [5.74, 6) is 1.08. The number of rotatable bonds is 7.